The quantitative estimate of drug-likeness (QED) is 0.291. The highest BCUT2D eigenvalue weighted by Gasteiger charge is 2.32. The summed E-state index contributed by atoms with van der Waals surface area (Å²) < 4.78 is 51.1. The standard InChI is InChI=1S/C22H31F3O.C6H7NO2/c1-6-11-18(15-19(12-7-2)22(23,24)25)21(16(4)8-3)26-20-14-10-9-13-17(20)5;1-9-6-3-2-5(8)4-7-6/h6,11-12,15H,7-10,13-14H2,1-5H3;2-4,8H,1H3/b11-6-,18-15+,19-12-,21-16?;. The molecule has 0 saturated carbocycles. The van der Waals surface area contributed by atoms with Gasteiger partial charge in [0.15, 0.2) is 0 Å². The number of nitrogens with zero attached hydrogens (tertiary/aromatic N) is 1. The number of alkyl halides is 3. The Balaban J connectivity index is 0.000000566. The highest BCUT2D eigenvalue weighted by Crippen LogP contribution is 2.34. The van der Waals surface area contributed by atoms with Gasteiger partial charge < -0.3 is 14.6 Å². The predicted molar refractivity (Wildman–Crippen MR) is 135 cm³/mol. The minimum atomic E-state index is -4.38. The number of allylic oxidation sites excluding steroid dienone is 8. The molecule has 4 nitrogen and oxygen atoms in total. The van der Waals surface area contributed by atoms with E-state index in [1.807, 2.05) is 20.8 Å². The van der Waals surface area contributed by atoms with Crippen LogP contribution in [0.15, 0.2) is 76.4 Å². The Morgan fingerprint density at radius 1 is 1.17 bits per heavy atom. The third-order valence-electron chi connectivity index (χ3n) is 5.43. The fourth-order valence-electron chi connectivity index (χ4n) is 3.35. The molecule has 0 amide bonds. The summed E-state index contributed by atoms with van der Waals surface area (Å²) in [5, 5.41) is 8.73. The average Bonchev–Trinajstić information content (AvgIpc) is 2.83. The maximum Gasteiger partial charge on any atom is 0.416 e. The van der Waals surface area contributed by atoms with Gasteiger partial charge in [-0.25, -0.2) is 4.98 Å². The van der Waals surface area contributed by atoms with Gasteiger partial charge >= 0.3 is 6.18 Å². The molecule has 7 heteroatoms. The number of aromatic hydroxyl groups is 1. The number of pyridine rings is 1. The lowest BCUT2D eigenvalue weighted by molar-refractivity contribution is -0.0884. The summed E-state index contributed by atoms with van der Waals surface area (Å²) >= 11 is 0. The summed E-state index contributed by atoms with van der Waals surface area (Å²) in [6.07, 6.45) is 7.88. The number of rotatable bonds is 8. The normalized spacial score (nSPS) is 16.0. The number of hydrogen-bond acceptors (Lipinski definition) is 4. The maximum absolute atomic E-state index is 13.4. The molecule has 0 saturated heterocycles. The number of hydrogen-bond donors (Lipinski definition) is 1. The van der Waals surface area contributed by atoms with Crippen molar-refractivity contribution >= 4 is 0 Å². The predicted octanol–water partition coefficient (Wildman–Crippen LogP) is 8.73. The van der Waals surface area contributed by atoms with Gasteiger partial charge in [0.05, 0.1) is 18.9 Å². The molecular formula is C28H38F3NO3. The van der Waals surface area contributed by atoms with E-state index in [2.05, 4.69) is 4.98 Å². The molecule has 1 heterocycles. The Labute approximate surface area is 207 Å². The van der Waals surface area contributed by atoms with Crippen LogP contribution in [0, 0.1) is 0 Å². The molecule has 0 unspecified atom stereocenters. The van der Waals surface area contributed by atoms with Crippen LogP contribution >= 0.6 is 0 Å². The lowest BCUT2D eigenvalue weighted by Gasteiger charge is -2.22. The summed E-state index contributed by atoms with van der Waals surface area (Å²) in [5.74, 6) is 2.11. The molecule has 0 bridgehead atoms. The van der Waals surface area contributed by atoms with E-state index < -0.39 is 11.7 Å². The Bertz CT molecular complexity index is 953. The van der Waals surface area contributed by atoms with E-state index in [4.69, 9.17) is 14.6 Å². The number of halogens is 3. The third-order valence-corrected chi connectivity index (χ3v) is 5.43. The van der Waals surface area contributed by atoms with Crippen LogP contribution in [0.3, 0.4) is 0 Å². The number of ether oxygens (including phenoxy) is 2. The van der Waals surface area contributed by atoms with Gasteiger partial charge in [0.25, 0.3) is 0 Å². The van der Waals surface area contributed by atoms with Crippen molar-refractivity contribution in [3.8, 4) is 11.6 Å². The Kier molecular flexibility index (Phi) is 13.0. The van der Waals surface area contributed by atoms with E-state index in [1.54, 1.807) is 32.1 Å². The maximum atomic E-state index is 13.4. The summed E-state index contributed by atoms with van der Waals surface area (Å²) in [5.41, 5.74) is 1.97. The molecule has 0 radical (unpaired) electrons. The second-order valence-corrected chi connectivity index (χ2v) is 8.20. The SMILES string of the molecule is COc1ccc(O)cn1.C\C=C/C(=C\C(=C\CC)C(F)(F)F)C(OC1=C(C)CCCC1)=C(C)CC. The van der Waals surface area contributed by atoms with Crippen LogP contribution in [-0.2, 0) is 4.74 Å². The molecule has 1 aliphatic rings. The lowest BCUT2D eigenvalue weighted by atomic mass is 9.98. The molecule has 0 atom stereocenters. The topological polar surface area (TPSA) is 51.6 Å². The molecule has 194 valence electrons. The summed E-state index contributed by atoms with van der Waals surface area (Å²) in [4.78, 5) is 3.72. The molecule has 1 N–H and O–H groups in total. The van der Waals surface area contributed by atoms with E-state index in [9.17, 15) is 13.2 Å². The van der Waals surface area contributed by atoms with E-state index in [0.29, 0.717) is 23.6 Å². The Morgan fingerprint density at radius 3 is 2.34 bits per heavy atom. The van der Waals surface area contributed by atoms with Crippen molar-refractivity contribution in [3.63, 3.8) is 0 Å². The second-order valence-electron chi connectivity index (χ2n) is 8.20. The van der Waals surface area contributed by atoms with E-state index in [0.717, 1.165) is 43.4 Å². The van der Waals surface area contributed by atoms with E-state index >= 15 is 0 Å². The molecule has 0 fully saturated rings. The molecule has 2 rings (SSSR count). The highest BCUT2D eigenvalue weighted by atomic mass is 19.4. The first-order valence-electron chi connectivity index (χ1n) is 11.9. The van der Waals surface area contributed by atoms with Crippen molar-refractivity contribution in [2.75, 3.05) is 7.11 Å². The molecule has 1 aromatic heterocycles. The Morgan fingerprint density at radius 2 is 1.86 bits per heavy atom. The summed E-state index contributed by atoms with van der Waals surface area (Å²) in [6, 6.07) is 3.11. The van der Waals surface area contributed by atoms with Crippen LogP contribution < -0.4 is 4.74 Å². The second kappa shape index (κ2) is 15.1. The smallest absolute Gasteiger partial charge is 0.416 e. The van der Waals surface area contributed by atoms with E-state index in [-0.39, 0.29) is 5.75 Å². The fourth-order valence-corrected chi connectivity index (χ4v) is 3.35. The molecule has 1 aliphatic carbocycles. The van der Waals surface area contributed by atoms with Gasteiger partial charge in [0.2, 0.25) is 5.88 Å². The minimum absolute atomic E-state index is 0.149. The first kappa shape index (κ1) is 30.1. The van der Waals surface area contributed by atoms with Gasteiger partial charge in [-0.05, 0) is 76.2 Å². The van der Waals surface area contributed by atoms with Crippen molar-refractivity contribution < 1.29 is 27.8 Å². The molecule has 1 aromatic rings. The van der Waals surface area contributed by atoms with Crippen LogP contribution in [-0.4, -0.2) is 23.4 Å². The molecule has 35 heavy (non-hydrogen) atoms. The van der Waals surface area contributed by atoms with Crippen molar-refractivity contribution in [2.24, 2.45) is 0 Å². The average molecular weight is 494 g/mol. The highest BCUT2D eigenvalue weighted by molar-refractivity contribution is 5.45. The molecule has 0 spiro atoms. The van der Waals surface area contributed by atoms with Crippen molar-refractivity contribution in [1.82, 2.24) is 4.98 Å². The first-order valence-corrected chi connectivity index (χ1v) is 11.9. The van der Waals surface area contributed by atoms with Crippen LogP contribution in [0.5, 0.6) is 11.6 Å². The molecule has 0 aromatic carbocycles. The van der Waals surface area contributed by atoms with Crippen LogP contribution in [0.2, 0.25) is 0 Å². The van der Waals surface area contributed by atoms with Gasteiger partial charge in [-0.1, -0.05) is 32.1 Å². The van der Waals surface area contributed by atoms with Crippen molar-refractivity contribution in [1.29, 1.82) is 0 Å². The Hall–Kier alpha value is -2.96. The molecular weight excluding hydrogens is 455 g/mol. The summed E-state index contributed by atoms with van der Waals surface area (Å²) in [7, 11) is 1.53. The third kappa shape index (κ3) is 10.5. The number of methoxy groups -OCH3 is 1. The zero-order chi connectivity index (χ0) is 26.4. The fraction of sp³-hybridized carbons (Fsp3) is 0.464. The lowest BCUT2D eigenvalue weighted by Crippen LogP contribution is -2.11. The van der Waals surface area contributed by atoms with Gasteiger partial charge in [0.1, 0.15) is 17.3 Å². The van der Waals surface area contributed by atoms with Gasteiger partial charge in [-0.2, -0.15) is 13.2 Å². The monoisotopic (exact) mass is 493 g/mol. The number of aromatic nitrogens is 1. The van der Waals surface area contributed by atoms with Crippen LogP contribution in [0.4, 0.5) is 13.2 Å². The minimum Gasteiger partial charge on any atom is -0.506 e. The van der Waals surface area contributed by atoms with Crippen LogP contribution in [0.1, 0.15) is 73.1 Å². The largest absolute Gasteiger partial charge is 0.506 e. The van der Waals surface area contributed by atoms with Gasteiger partial charge in [-0.15, -0.1) is 0 Å². The van der Waals surface area contributed by atoms with Crippen molar-refractivity contribution in [2.45, 2.75) is 79.3 Å². The molecule has 0 aliphatic heterocycles. The zero-order valence-electron chi connectivity index (χ0n) is 21.6. The van der Waals surface area contributed by atoms with Crippen molar-refractivity contribution in [3.05, 3.63) is 76.4 Å². The van der Waals surface area contributed by atoms with Gasteiger partial charge in [-0.3, -0.25) is 0 Å². The zero-order valence-corrected chi connectivity index (χ0v) is 21.6. The van der Waals surface area contributed by atoms with E-state index in [1.165, 1.54) is 37.1 Å². The first-order chi connectivity index (χ1) is 16.6. The van der Waals surface area contributed by atoms with Crippen LogP contribution in [0.25, 0.3) is 0 Å². The summed E-state index contributed by atoms with van der Waals surface area (Å²) in [6.45, 7) is 9.46. The van der Waals surface area contributed by atoms with Gasteiger partial charge in [0, 0.05) is 18.1 Å².